The highest BCUT2D eigenvalue weighted by Gasteiger charge is 2.03. The number of hydrogen-bond acceptors (Lipinski definition) is 5. The molecule has 16 heavy (non-hydrogen) atoms. The number of carboxylic acids is 1. The quantitative estimate of drug-likeness (QED) is 0.847. The predicted molar refractivity (Wildman–Crippen MR) is 62.9 cm³/mol. The summed E-state index contributed by atoms with van der Waals surface area (Å²) in [5.74, 6) is -0.143. The molecule has 6 heteroatoms. The number of pyridine rings is 1. The molecule has 0 saturated carbocycles. The van der Waals surface area contributed by atoms with Gasteiger partial charge in [-0.25, -0.2) is 9.78 Å². The molecule has 2 rings (SSSR count). The highest BCUT2D eigenvalue weighted by molar-refractivity contribution is 7.98. The van der Waals surface area contributed by atoms with Gasteiger partial charge >= 0.3 is 5.97 Å². The van der Waals surface area contributed by atoms with Crippen molar-refractivity contribution < 1.29 is 9.90 Å². The molecule has 0 aliphatic heterocycles. The first-order valence-corrected chi connectivity index (χ1v) is 6.32. The molecule has 2 aromatic rings. The highest BCUT2D eigenvalue weighted by Crippen LogP contribution is 2.22. The summed E-state index contributed by atoms with van der Waals surface area (Å²) in [4.78, 5) is 19.8. The Hall–Kier alpha value is -1.40. The van der Waals surface area contributed by atoms with Crippen molar-refractivity contribution >= 4 is 29.1 Å². The maximum absolute atomic E-state index is 10.6. The Balaban J connectivity index is 1.98. The number of aromatic carboxylic acids is 1. The van der Waals surface area contributed by atoms with Crippen LogP contribution in [0.2, 0.25) is 0 Å². The highest BCUT2D eigenvalue weighted by atomic mass is 32.2. The first-order valence-electron chi connectivity index (χ1n) is 4.45. The molecular weight excluding hydrogens is 244 g/mol. The standard InChI is InChI=1S/C10H8N2O2S2/c13-10(14)7-1-2-9(12-3-7)15-5-8-4-11-6-16-8/h1-4,6H,5H2,(H,13,14). The number of carboxylic acid groups (broad SMARTS) is 1. The molecule has 0 fully saturated rings. The van der Waals surface area contributed by atoms with Gasteiger partial charge in [0.05, 0.1) is 16.1 Å². The van der Waals surface area contributed by atoms with Gasteiger partial charge in [-0.05, 0) is 12.1 Å². The third kappa shape index (κ3) is 2.80. The topological polar surface area (TPSA) is 63.1 Å². The summed E-state index contributed by atoms with van der Waals surface area (Å²) in [5, 5.41) is 9.52. The third-order valence-electron chi connectivity index (χ3n) is 1.83. The number of thioether (sulfide) groups is 1. The molecule has 2 heterocycles. The van der Waals surface area contributed by atoms with E-state index < -0.39 is 5.97 Å². The fourth-order valence-corrected chi connectivity index (χ4v) is 2.53. The van der Waals surface area contributed by atoms with Gasteiger partial charge in [-0.2, -0.15) is 0 Å². The molecule has 0 aliphatic carbocycles. The summed E-state index contributed by atoms with van der Waals surface area (Å²) in [6.07, 6.45) is 3.20. The van der Waals surface area contributed by atoms with Crippen molar-refractivity contribution in [3.63, 3.8) is 0 Å². The first-order chi connectivity index (χ1) is 7.75. The predicted octanol–water partition coefficient (Wildman–Crippen LogP) is 2.53. The van der Waals surface area contributed by atoms with Crippen LogP contribution in [0.4, 0.5) is 0 Å². The number of aromatic nitrogens is 2. The monoisotopic (exact) mass is 252 g/mol. The Morgan fingerprint density at radius 2 is 2.31 bits per heavy atom. The van der Waals surface area contributed by atoms with Gasteiger partial charge in [-0.3, -0.25) is 4.98 Å². The molecule has 82 valence electrons. The Bertz CT molecular complexity index is 468. The molecular formula is C10H8N2O2S2. The molecule has 0 bridgehead atoms. The summed E-state index contributed by atoms with van der Waals surface area (Å²) >= 11 is 3.16. The van der Waals surface area contributed by atoms with Crippen LogP contribution in [0.3, 0.4) is 0 Å². The maximum Gasteiger partial charge on any atom is 0.337 e. The van der Waals surface area contributed by atoms with Gasteiger partial charge in [-0.15, -0.1) is 23.1 Å². The van der Waals surface area contributed by atoms with Crippen molar-refractivity contribution in [2.75, 3.05) is 0 Å². The van der Waals surface area contributed by atoms with E-state index in [1.54, 1.807) is 40.7 Å². The van der Waals surface area contributed by atoms with Gasteiger partial charge in [0, 0.05) is 23.0 Å². The van der Waals surface area contributed by atoms with E-state index in [4.69, 9.17) is 5.11 Å². The second-order valence-corrected chi connectivity index (χ2v) is 4.91. The molecule has 0 aliphatic rings. The van der Waals surface area contributed by atoms with Gasteiger partial charge in [0.15, 0.2) is 0 Å². The van der Waals surface area contributed by atoms with E-state index in [1.807, 2.05) is 6.20 Å². The Kier molecular flexibility index (Phi) is 3.53. The summed E-state index contributed by atoms with van der Waals surface area (Å²) in [6.45, 7) is 0. The van der Waals surface area contributed by atoms with E-state index in [0.29, 0.717) is 0 Å². The second kappa shape index (κ2) is 5.09. The van der Waals surface area contributed by atoms with E-state index in [1.165, 1.54) is 11.1 Å². The maximum atomic E-state index is 10.6. The van der Waals surface area contributed by atoms with Gasteiger partial charge in [-0.1, -0.05) is 0 Å². The molecule has 0 spiro atoms. The lowest BCUT2D eigenvalue weighted by Crippen LogP contribution is -1.96. The van der Waals surface area contributed by atoms with Crippen molar-refractivity contribution in [2.24, 2.45) is 0 Å². The van der Waals surface area contributed by atoms with Crippen LogP contribution in [0.25, 0.3) is 0 Å². The molecule has 0 radical (unpaired) electrons. The molecule has 0 amide bonds. The molecule has 0 atom stereocenters. The normalized spacial score (nSPS) is 10.2. The van der Waals surface area contributed by atoms with Crippen LogP contribution >= 0.6 is 23.1 Å². The summed E-state index contributed by atoms with van der Waals surface area (Å²) in [7, 11) is 0. The van der Waals surface area contributed by atoms with E-state index in [-0.39, 0.29) is 5.56 Å². The smallest absolute Gasteiger partial charge is 0.337 e. The van der Waals surface area contributed by atoms with E-state index in [9.17, 15) is 4.79 Å². The Morgan fingerprint density at radius 1 is 1.44 bits per heavy atom. The molecule has 1 N–H and O–H groups in total. The first kappa shape index (κ1) is 11.1. The van der Waals surface area contributed by atoms with Crippen LogP contribution in [0.15, 0.2) is 35.1 Å². The zero-order chi connectivity index (χ0) is 11.4. The molecule has 2 aromatic heterocycles. The molecule has 0 aromatic carbocycles. The summed E-state index contributed by atoms with van der Waals surface area (Å²) in [6, 6.07) is 3.28. The second-order valence-electron chi connectivity index (χ2n) is 2.95. The lowest BCUT2D eigenvalue weighted by Gasteiger charge is -1.99. The number of nitrogens with zero attached hydrogens (tertiary/aromatic N) is 2. The Morgan fingerprint density at radius 3 is 2.88 bits per heavy atom. The van der Waals surface area contributed by atoms with Crippen LogP contribution in [-0.4, -0.2) is 21.0 Å². The molecule has 0 saturated heterocycles. The lowest BCUT2D eigenvalue weighted by molar-refractivity contribution is 0.0696. The van der Waals surface area contributed by atoms with Crippen LogP contribution in [0.5, 0.6) is 0 Å². The van der Waals surface area contributed by atoms with Crippen molar-refractivity contribution in [1.82, 2.24) is 9.97 Å². The minimum Gasteiger partial charge on any atom is -0.478 e. The number of rotatable bonds is 4. The molecule has 0 unspecified atom stereocenters. The number of hydrogen-bond donors (Lipinski definition) is 1. The van der Waals surface area contributed by atoms with Crippen LogP contribution < -0.4 is 0 Å². The van der Waals surface area contributed by atoms with Gasteiger partial charge in [0.2, 0.25) is 0 Å². The van der Waals surface area contributed by atoms with Crippen molar-refractivity contribution in [3.8, 4) is 0 Å². The third-order valence-corrected chi connectivity index (χ3v) is 3.78. The van der Waals surface area contributed by atoms with Crippen LogP contribution in [0, 0.1) is 0 Å². The van der Waals surface area contributed by atoms with Gasteiger partial charge in [0.25, 0.3) is 0 Å². The zero-order valence-electron chi connectivity index (χ0n) is 8.16. The average molecular weight is 252 g/mol. The van der Waals surface area contributed by atoms with Crippen LogP contribution in [-0.2, 0) is 5.75 Å². The SMILES string of the molecule is O=C(O)c1ccc(SCc2cncs2)nc1. The fraction of sp³-hybridized carbons (Fsp3) is 0.100. The molecule has 4 nitrogen and oxygen atoms in total. The van der Waals surface area contributed by atoms with E-state index in [2.05, 4.69) is 9.97 Å². The van der Waals surface area contributed by atoms with Gasteiger partial charge < -0.3 is 5.11 Å². The van der Waals surface area contributed by atoms with Crippen molar-refractivity contribution in [1.29, 1.82) is 0 Å². The van der Waals surface area contributed by atoms with Crippen molar-refractivity contribution in [3.05, 3.63) is 40.5 Å². The largest absolute Gasteiger partial charge is 0.478 e. The minimum absolute atomic E-state index is 0.210. The fourth-order valence-electron chi connectivity index (χ4n) is 1.05. The number of thiazole rings is 1. The summed E-state index contributed by atoms with van der Waals surface area (Å²) < 4.78 is 0. The lowest BCUT2D eigenvalue weighted by atomic mass is 10.3. The average Bonchev–Trinajstić information content (AvgIpc) is 2.80. The summed E-state index contributed by atoms with van der Waals surface area (Å²) in [5.41, 5.74) is 2.00. The van der Waals surface area contributed by atoms with Crippen molar-refractivity contribution in [2.45, 2.75) is 10.8 Å². The van der Waals surface area contributed by atoms with Crippen LogP contribution in [0.1, 0.15) is 15.2 Å². The minimum atomic E-state index is -0.952. The Labute approximate surface area is 100 Å². The van der Waals surface area contributed by atoms with Gasteiger partial charge in [0.1, 0.15) is 0 Å². The van der Waals surface area contributed by atoms with E-state index >= 15 is 0 Å². The van der Waals surface area contributed by atoms with E-state index in [0.717, 1.165) is 10.8 Å². The number of carbonyl (C=O) groups is 1. The zero-order valence-corrected chi connectivity index (χ0v) is 9.79.